The lowest BCUT2D eigenvalue weighted by molar-refractivity contribution is -0.790. The number of rotatable bonds is 2. The molecule has 2 N–H and O–H groups in total. The van der Waals surface area contributed by atoms with Gasteiger partial charge < -0.3 is 10.2 Å². The Labute approximate surface area is 110 Å². The Morgan fingerprint density at radius 1 is 1.11 bits per heavy atom. The number of amides is 2. The summed E-state index contributed by atoms with van der Waals surface area (Å²) in [6.45, 7) is 2.00. The highest BCUT2D eigenvalue weighted by Crippen LogP contribution is 2.35. The van der Waals surface area contributed by atoms with Gasteiger partial charge in [-0.2, -0.15) is 9.28 Å². The van der Waals surface area contributed by atoms with Gasteiger partial charge >= 0.3 is 18.0 Å². The highest BCUT2D eigenvalue weighted by Gasteiger charge is 2.54. The molecule has 0 bridgehead atoms. The maximum atomic E-state index is 12.6. The number of hydrogen-bond acceptors (Lipinski definition) is 3. The van der Waals surface area contributed by atoms with Crippen molar-refractivity contribution in [1.29, 1.82) is 0 Å². The number of aliphatic carboxylic acids is 1. The van der Waals surface area contributed by atoms with Crippen molar-refractivity contribution < 1.29 is 29.1 Å². The fraction of sp³-hybridized carbons (Fsp3) is 0.615. The Kier molecular flexibility index (Phi) is 3.45. The number of hydrogen-bond donors (Lipinski definition) is 2. The van der Waals surface area contributed by atoms with E-state index in [0.29, 0.717) is 32.1 Å². The summed E-state index contributed by atoms with van der Waals surface area (Å²) in [5.41, 5.74) is 0.312. The third-order valence-electron chi connectivity index (χ3n) is 4.32. The fourth-order valence-electron chi connectivity index (χ4n) is 3.21. The molecule has 0 aromatic carbocycles. The predicted octanol–water partition coefficient (Wildman–Crippen LogP) is 1.76. The number of nitrogens with zero attached hydrogens (tertiary/aromatic N) is 1. The molecular formula is C13H18NO5+. The van der Waals surface area contributed by atoms with Gasteiger partial charge in [0.15, 0.2) is 0 Å². The largest absolute Gasteiger partial charge is 0.521 e. The molecule has 1 unspecified atom stereocenters. The molecule has 2 rings (SSSR count). The number of carboxylic acid groups (broad SMARTS) is 2. The molecule has 6 nitrogen and oxygen atoms in total. The van der Waals surface area contributed by atoms with Crippen molar-refractivity contribution in [3.8, 4) is 0 Å². The summed E-state index contributed by atoms with van der Waals surface area (Å²) in [6, 6.07) is -0.298. The van der Waals surface area contributed by atoms with Crippen LogP contribution in [-0.4, -0.2) is 45.3 Å². The second-order valence-electron chi connectivity index (χ2n) is 5.29. The third-order valence-corrected chi connectivity index (χ3v) is 4.32. The van der Waals surface area contributed by atoms with Gasteiger partial charge in [0.05, 0.1) is 12.1 Å². The first-order valence-electron chi connectivity index (χ1n) is 6.52. The second-order valence-corrected chi connectivity index (χ2v) is 5.29. The van der Waals surface area contributed by atoms with E-state index < -0.39 is 22.5 Å². The molecule has 1 saturated heterocycles. The van der Waals surface area contributed by atoms with E-state index in [-0.39, 0.29) is 23.7 Å². The normalized spacial score (nSPS) is 30.7. The quantitative estimate of drug-likeness (QED) is 0.744. The van der Waals surface area contributed by atoms with Crippen LogP contribution in [0.4, 0.5) is 4.79 Å². The monoisotopic (exact) mass is 268 g/mol. The Hall–Kier alpha value is -1.69. The van der Waals surface area contributed by atoms with E-state index in [2.05, 4.69) is 0 Å². The maximum Gasteiger partial charge on any atom is 0.521 e. The van der Waals surface area contributed by atoms with Gasteiger partial charge in [-0.25, -0.2) is 9.59 Å². The first kappa shape index (κ1) is 13.7. The molecule has 6 heteroatoms. The van der Waals surface area contributed by atoms with Crippen LogP contribution in [0.15, 0.2) is 11.1 Å². The van der Waals surface area contributed by atoms with Crippen LogP contribution in [0.25, 0.3) is 0 Å². The van der Waals surface area contributed by atoms with E-state index in [0.717, 1.165) is 0 Å². The van der Waals surface area contributed by atoms with Crippen molar-refractivity contribution >= 4 is 18.0 Å². The molecule has 1 fully saturated rings. The zero-order valence-electron chi connectivity index (χ0n) is 10.9. The summed E-state index contributed by atoms with van der Waals surface area (Å²) in [6.07, 6.45) is 1.52. The average molecular weight is 268 g/mol. The van der Waals surface area contributed by atoms with Crippen LogP contribution in [0.2, 0.25) is 0 Å². The Morgan fingerprint density at radius 2 is 1.74 bits per heavy atom. The first-order chi connectivity index (χ1) is 8.91. The fourth-order valence-corrected chi connectivity index (χ4v) is 3.21. The summed E-state index contributed by atoms with van der Waals surface area (Å²) in [4.78, 5) is 35.3. The van der Waals surface area contributed by atoms with Crippen molar-refractivity contribution in [2.45, 2.75) is 45.1 Å². The molecule has 0 saturated carbocycles. The minimum Gasteiger partial charge on any atom is -0.478 e. The zero-order valence-corrected chi connectivity index (χ0v) is 10.9. The van der Waals surface area contributed by atoms with Crippen LogP contribution in [-0.2, 0) is 9.59 Å². The molecule has 2 amide bonds. The number of quaternary nitrogens is 1. The molecule has 1 aliphatic heterocycles. The van der Waals surface area contributed by atoms with E-state index in [9.17, 15) is 19.5 Å². The predicted molar refractivity (Wildman–Crippen MR) is 65.4 cm³/mol. The van der Waals surface area contributed by atoms with Crippen LogP contribution in [0, 0.1) is 0 Å². The first-order valence-corrected chi connectivity index (χ1v) is 6.52. The Bertz CT molecular complexity index is 481. The second kappa shape index (κ2) is 4.77. The van der Waals surface area contributed by atoms with Gasteiger partial charge in [-0.3, -0.25) is 0 Å². The van der Waals surface area contributed by atoms with E-state index >= 15 is 0 Å². The van der Waals surface area contributed by atoms with Crippen molar-refractivity contribution in [2.24, 2.45) is 0 Å². The van der Waals surface area contributed by atoms with Crippen LogP contribution in [0.3, 0.4) is 0 Å². The van der Waals surface area contributed by atoms with E-state index in [1.54, 1.807) is 6.92 Å². The lowest BCUT2D eigenvalue weighted by Crippen LogP contribution is -2.59. The van der Waals surface area contributed by atoms with Crippen molar-refractivity contribution in [1.82, 2.24) is 0 Å². The lowest BCUT2D eigenvalue weighted by atomic mass is 10.1. The van der Waals surface area contributed by atoms with Gasteiger partial charge in [0.25, 0.3) is 0 Å². The lowest BCUT2D eigenvalue weighted by Gasteiger charge is -2.30. The molecule has 2 atom stereocenters. The van der Waals surface area contributed by atoms with Crippen LogP contribution >= 0.6 is 0 Å². The Balaban J connectivity index is 2.45. The van der Waals surface area contributed by atoms with Crippen molar-refractivity contribution in [3.63, 3.8) is 0 Å². The average Bonchev–Trinajstić information content (AvgIpc) is 2.94. The number of imide groups is 1. The molecule has 0 spiro atoms. The summed E-state index contributed by atoms with van der Waals surface area (Å²) < 4.78 is -0.633. The molecule has 0 aromatic heterocycles. The van der Waals surface area contributed by atoms with Gasteiger partial charge in [0.1, 0.15) is 6.04 Å². The molecular weight excluding hydrogens is 250 g/mol. The smallest absolute Gasteiger partial charge is 0.478 e. The van der Waals surface area contributed by atoms with Gasteiger partial charge in [0, 0.05) is 18.4 Å². The Morgan fingerprint density at radius 3 is 2.21 bits per heavy atom. The number of likely N-dealkylation sites (tertiary alicyclic amines) is 1. The number of carbonyl (C=O) groups excluding carboxylic acids is 1. The van der Waals surface area contributed by atoms with E-state index in [1.165, 1.54) is 0 Å². The third kappa shape index (κ3) is 1.96. The van der Waals surface area contributed by atoms with Crippen LogP contribution in [0.1, 0.15) is 39.0 Å². The van der Waals surface area contributed by atoms with Gasteiger partial charge in [0.2, 0.25) is 0 Å². The van der Waals surface area contributed by atoms with Crippen molar-refractivity contribution in [3.05, 3.63) is 11.1 Å². The number of carboxylic acids is 1. The molecule has 1 heterocycles. The zero-order chi connectivity index (χ0) is 14.2. The summed E-state index contributed by atoms with van der Waals surface area (Å²) in [5, 5.41) is 18.6. The molecule has 104 valence electrons. The molecule has 19 heavy (non-hydrogen) atoms. The topological polar surface area (TPSA) is 91.7 Å². The van der Waals surface area contributed by atoms with Gasteiger partial charge in [-0.15, -0.1) is 0 Å². The summed E-state index contributed by atoms with van der Waals surface area (Å²) >= 11 is 0. The highest BCUT2D eigenvalue weighted by atomic mass is 16.4. The maximum absolute atomic E-state index is 12.6. The van der Waals surface area contributed by atoms with E-state index in [4.69, 9.17) is 5.11 Å². The summed E-state index contributed by atoms with van der Waals surface area (Å²) in [7, 11) is 0. The van der Waals surface area contributed by atoms with Crippen molar-refractivity contribution in [2.75, 3.05) is 6.54 Å². The minimum absolute atomic E-state index is 0.0999. The minimum atomic E-state index is -1.17. The molecule has 2 aliphatic rings. The SMILES string of the molecule is C[C@@H]1CCC[N+]1(C(=O)O)C(=O)C1=C(C(=O)O)CCC1. The molecule has 0 radical (unpaired) electrons. The van der Waals surface area contributed by atoms with Crippen LogP contribution in [0.5, 0.6) is 0 Å². The van der Waals surface area contributed by atoms with Gasteiger partial charge in [-0.05, 0) is 26.2 Å². The molecule has 0 aromatic rings. The molecule has 1 aliphatic carbocycles. The standard InChI is InChI=1S/C13H17NO5/c1-8-4-3-7-14(8,13(18)19)11(15)9-5-2-6-10(9)12(16)17/h8H,2-7H2,1H3,(H-,16,17,18,19)/p+1/t8-,14?/m1/s1. The number of carbonyl (C=O) groups is 3. The summed E-state index contributed by atoms with van der Waals surface area (Å²) in [5.74, 6) is -1.62. The van der Waals surface area contributed by atoms with Crippen LogP contribution < -0.4 is 0 Å². The van der Waals surface area contributed by atoms with E-state index in [1.807, 2.05) is 0 Å². The highest BCUT2D eigenvalue weighted by molar-refractivity contribution is 6.02. The van der Waals surface area contributed by atoms with Gasteiger partial charge in [-0.1, -0.05) is 0 Å².